The van der Waals surface area contributed by atoms with Crippen LogP contribution in [0.2, 0.25) is 0 Å². The summed E-state index contributed by atoms with van der Waals surface area (Å²) in [6.07, 6.45) is 0.945. The molecule has 0 bridgehead atoms. The third-order valence-electron chi connectivity index (χ3n) is 3.04. The number of anilines is 2. The molecule has 6 heteroatoms. The van der Waals surface area contributed by atoms with Crippen molar-refractivity contribution in [3.63, 3.8) is 0 Å². The summed E-state index contributed by atoms with van der Waals surface area (Å²) in [4.78, 5) is 11.9. The number of hydrogen-bond acceptors (Lipinski definition) is 4. The number of halogens is 1. The molecule has 0 fully saturated rings. The number of benzene rings is 1. The Labute approximate surface area is 138 Å². The van der Waals surface area contributed by atoms with Crippen LogP contribution < -0.4 is 10.6 Å². The average molecular weight is 363 g/mol. The molecule has 1 amide bonds. The molecule has 0 saturated heterocycles. The normalized spacial score (nSPS) is 10.5. The van der Waals surface area contributed by atoms with E-state index < -0.39 is 0 Å². The fourth-order valence-corrected chi connectivity index (χ4v) is 2.17. The summed E-state index contributed by atoms with van der Waals surface area (Å²) in [5, 5.41) is 14.0. The maximum absolute atomic E-state index is 11.9. The number of carbonyl (C=O) groups is 1. The van der Waals surface area contributed by atoms with Crippen molar-refractivity contribution in [3.8, 4) is 0 Å². The van der Waals surface area contributed by atoms with Gasteiger partial charge >= 0.3 is 0 Å². The van der Waals surface area contributed by atoms with Gasteiger partial charge in [0, 0.05) is 11.0 Å². The van der Waals surface area contributed by atoms with E-state index in [1.165, 1.54) is 0 Å². The summed E-state index contributed by atoms with van der Waals surface area (Å²) in [6, 6.07) is 11.1. The molecule has 0 aliphatic heterocycles. The van der Waals surface area contributed by atoms with Crippen molar-refractivity contribution in [3.05, 3.63) is 46.6 Å². The van der Waals surface area contributed by atoms with E-state index in [1.54, 1.807) is 12.1 Å². The lowest BCUT2D eigenvalue weighted by Gasteiger charge is -2.08. The third-order valence-corrected chi connectivity index (χ3v) is 3.73. The van der Waals surface area contributed by atoms with Gasteiger partial charge in [-0.2, -0.15) is 0 Å². The van der Waals surface area contributed by atoms with Crippen molar-refractivity contribution >= 4 is 33.3 Å². The Morgan fingerprint density at radius 2 is 1.95 bits per heavy atom. The standard InChI is InChI=1S/C16H19BrN4O/c1-11(2)9-10-18-16(22)14-7-8-15(21-20-14)19-13-6-4-3-5-12(13)17/h3-8,11H,9-10H2,1-2H3,(H,18,22)(H,19,21). The van der Waals surface area contributed by atoms with Crippen molar-refractivity contribution in [1.82, 2.24) is 15.5 Å². The maximum Gasteiger partial charge on any atom is 0.271 e. The van der Waals surface area contributed by atoms with Crippen LogP contribution in [0.4, 0.5) is 11.5 Å². The Kier molecular flexibility index (Phi) is 5.89. The highest BCUT2D eigenvalue weighted by molar-refractivity contribution is 9.10. The number of amides is 1. The number of para-hydroxylation sites is 1. The van der Waals surface area contributed by atoms with Crippen LogP contribution in [0.5, 0.6) is 0 Å². The highest BCUT2D eigenvalue weighted by Crippen LogP contribution is 2.23. The number of carbonyl (C=O) groups excluding carboxylic acids is 1. The molecule has 5 nitrogen and oxygen atoms in total. The van der Waals surface area contributed by atoms with Gasteiger partial charge in [0.25, 0.3) is 5.91 Å². The zero-order valence-electron chi connectivity index (χ0n) is 12.6. The van der Waals surface area contributed by atoms with E-state index in [2.05, 4.69) is 50.6 Å². The van der Waals surface area contributed by atoms with Gasteiger partial charge in [0.05, 0.1) is 5.69 Å². The second kappa shape index (κ2) is 7.89. The Morgan fingerprint density at radius 3 is 2.59 bits per heavy atom. The van der Waals surface area contributed by atoms with Crippen LogP contribution in [0, 0.1) is 5.92 Å². The first-order chi connectivity index (χ1) is 10.6. The maximum atomic E-state index is 11.9. The van der Waals surface area contributed by atoms with Crippen molar-refractivity contribution in [2.45, 2.75) is 20.3 Å². The molecule has 0 saturated carbocycles. The van der Waals surface area contributed by atoms with E-state index in [9.17, 15) is 4.79 Å². The Balaban J connectivity index is 1.95. The number of aromatic nitrogens is 2. The minimum absolute atomic E-state index is 0.194. The van der Waals surface area contributed by atoms with Crippen LogP contribution in [0.15, 0.2) is 40.9 Å². The van der Waals surface area contributed by atoms with E-state index in [-0.39, 0.29) is 5.91 Å². The van der Waals surface area contributed by atoms with E-state index in [0.29, 0.717) is 24.0 Å². The van der Waals surface area contributed by atoms with Crippen LogP contribution in [0.25, 0.3) is 0 Å². The first kappa shape index (κ1) is 16.4. The lowest BCUT2D eigenvalue weighted by Crippen LogP contribution is -2.26. The summed E-state index contributed by atoms with van der Waals surface area (Å²) < 4.78 is 0.937. The highest BCUT2D eigenvalue weighted by atomic mass is 79.9. The summed E-state index contributed by atoms with van der Waals surface area (Å²) in [6.45, 7) is 4.89. The van der Waals surface area contributed by atoms with Gasteiger partial charge in [0.1, 0.15) is 0 Å². The van der Waals surface area contributed by atoms with Crippen LogP contribution >= 0.6 is 15.9 Å². The highest BCUT2D eigenvalue weighted by Gasteiger charge is 2.08. The number of rotatable bonds is 6. The second-order valence-electron chi connectivity index (χ2n) is 5.35. The van der Waals surface area contributed by atoms with Crippen molar-refractivity contribution in [1.29, 1.82) is 0 Å². The first-order valence-electron chi connectivity index (χ1n) is 7.19. The molecule has 0 radical (unpaired) electrons. The van der Waals surface area contributed by atoms with Crippen molar-refractivity contribution in [2.75, 3.05) is 11.9 Å². The fraction of sp³-hybridized carbons (Fsp3) is 0.312. The molecule has 1 heterocycles. The molecule has 0 aliphatic carbocycles. The van der Waals surface area contributed by atoms with Crippen molar-refractivity contribution in [2.24, 2.45) is 5.92 Å². The molecule has 0 atom stereocenters. The van der Waals surface area contributed by atoms with E-state index in [1.807, 2.05) is 24.3 Å². The van der Waals surface area contributed by atoms with Gasteiger partial charge in [0.2, 0.25) is 0 Å². The lowest BCUT2D eigenvalue weighted by atomic mass is 10.1. The molecule has 0 aliphatic rings. The zero-order chi connectivity index (χ0) is 15.9. The number of nitrogens with zero attached hydrogens (tertiary/aromatic N) is 2. The van der Waals surface area contributed by atoms with Gasteiger partial charge in [-0.3, -0.25) is 4.79 Å². The number of nitrogens with one attached hydrogen (secondary N) is 2. The van der Waals surface area contributed by atoms with E-state index in [4.69, 9.17) is 0 Å². The quantitative estimate of drug-likeness (QED) is 0.820. The van der Waals surface area contributed by atoms with Gasteiger partial charge < -0.3 is 10.6 Å². The zero-order valence-corrected chi connectivity index (χ0v) is 14.2. The van der Waals surface area contributed by atoms with Crippen molar-refractivity contribution < 1.29 is 4.79 Å². The summed E-state index contributed by atoms with van der Waals surface area (Å²) in [5.74, 6) is 0.952. The Morgan fingerprint density at radius 1 is 1.18 bits per heavy atom. The molecule has 2 rings (SSSR count). The molecular formula is C16H19BrN4O. The van der Waals surface area contributed by atoms with Gasteiger partial charge in [-0.05, 0) is 52.5 Å². The SMILES string of the molecule is CC(C)CCNC(=O)c1ccc(Nc2ccccc2Br)nn1. The predicted molar refractivity (Wildman–Crippen MR) is 91.2 cm³/mol. The second-order valence-corrected chi connectivity index (χ2v) is 6.20. The Hall–Kier alpha value is -1.95. The molecule has 0 unspecified atom stereocenters. The lowest BCUT2D eigenvalue weighted by molar-refractivity contribution is 0.0946. The van der Waals surface area contributed by atoms with Crippen LogP contribution in [-0.2, 0) is 0 Å². The van der Waals surface area contributed by atoms with Crippen LogP contribution in [-0.4, -0.2) is 22.6 Å². The third kappa shape index (κ3) is 4.80. The molecule has 1 aromatic heterocycles. The first-order valence-corrected chi connectivity index (χ1v) is 7.99. The molecule has 1 aromatic carbocycles. The molecule has 116 valence electrons. The Bertz CT molecular complexity index is 628. The minimum atomic E-state index is -0.194. The van der Waals surface area contributed by atoms with E-state index in [0.717, 1.165) is 16.6 Å². The van der Waals surface area contributed by atoms with Crippen LogP contribution in [0.3, 0.4) is 0 Å². The summed E-state index contributed by atoms with van der Waals surface area (Å²) in [5.41, 5.74) is 1.22. The van der Waals surface area contributed by atoms with Gasteiger partial charge in [-0.25, -0.2) is 0 Å². The molecule has 2 N–H and O–H groups in total. The predicted octanol–water partition coefficient (Wildman–Crippen LogP) is 3.76. The fourth-order valence-electron chi connectivity index (χ4n) is 1.79. The average Bonchev–Trinajstić information content (AvgIpc) is 2.50. The van der Waals surface area contributed by atoms with E-state index >= 15 is 0 Å². The monoisotopic (exact) mass is 362 g/mol. The largest absolute Gasteiger partial charge is 0.351 e. The van der Waals surface area contributed by atoms with Gasteiger partial charge in [0.15, 0.2) is 11.5 Å². The smallest absolute Gasteiger partial charge is 0.271 e. The minimum Gasteiger partial charge on any atom is -0.351 e. The molecular weight excluding hydrogens is 344 g/mol. The van der Waals surface area contributed by atoms with Gasteiger partial charge in [-0.1, -0.05) is 26.0 Å². The molecule has 0 spiro atoms. The molecule has 2 aromatic rings. The topological polar surface area (TPSA) is 66.9 Å². The van der Waals surface area contributed by atoms with Crippen LogP contribution in [0.1, 0.15) is 30.8 Å². The summed E-state index contributed by atoms with van der Waals surface area (Å²) >= 11 is 3.46. The molecule has 22 heavy (non-hydrogen) atoms. The number of hydrogen-bond donors (Lipinski definition) is 2. The van der Waals surface area contributed by atoms with Gasteiger partial charge in [-0.15, -0.1) is 10.2 Å². The summed E-state index contributed by atoms with van der Waals surface area (Å²) in [7, 11) is 0.